The molecule has 1 N–H and O–H groups in total. The van der Waals surface area contributed by atoms with Gasteiger partial charge in [-0.05, 0) is 31.2 Å². The highest BCUT2D eigenvalue weighted by atomic mass is 35.5. The molecule has 0 unspecified atom stereocenters. The Morgan fingerprint density at radius 1 is 1.44 bits per heavy atom. The molecule has 1 amide bonds. The van der Waals surface area contributed by atoms with Crippen molar-refractivity contribution in [2.75, 3.05) is 26.2 Å². The van der Waals surface area contributed by atoms with Crippen molar-refractivity contribution in [2.24, 2.45) is 5.41 Å². The van der Waals surface area contributed by atoms with Crippen molar-refractivity contribution in [3.05, 3.63) is 15.5 Å². The van der Waals surface area contributed by atoms with E-state index in [-0.39, 0.29) is 5.91 Å². The van der Waals surface area contributed by atoms with Gasteiger partial charge in [0.05, 0.1) is 5.51 Å². The molecular formula is C12H16ClN3OS. The van der Waals surface area contributed by atoms with Crippen LogP contribution in [-0.4, -0.2) is 42.0 Å². The van der Waals surface area contributed by atoms with Crippen molar-refractivity contribution < 1.29 is 4.79 Å². The molecule has 4 nitrogen and oxygen atoms in total. The van der Waals surface area contributed by atoms with Gasteiger partial charge < -0.3 is 10.2 Å². The minimum atomic E-state index is 0.0447. The lowest BCUT2D eigenvalue weighted by atomic mass is 9.78. The number of hydrogen-bond donors (Lipinski definition) is 1. The monoisotopic (exact) mass is 285 g/mol. The van der Waals surface area contributed by atoms with E-state index in [4.69, 9.17) is 11.6 Å². The maximum atomic E-state index is 12.3. The largest absolute Gasteiger partial charge is 0.338 e. The van der Waals surface area contributed by atoms with Crippen LogP contribution in [0.2, 0.25) is 5.15 Å². The van der Waals surface area contributed by atoms with Gasteiger partial charge in [-0.15, -0.1) is 11.3 Å². The highest BCUT2D eigenvalue weighted by molar-refractivity contribution is 7.12. The molecule has 0 atom stereocenters. The van der Waals surface area contributed by atoms with E-state index in [0.29, 0.717) is 15.4 Å². The van der Waals surface area contributed by atoms with Gasteiger partial charge in [-0.2, -0.15) is 0 Å². The second-order valence-electron chi connectivity index (χ2n) is 5.19. The van der Waals surface area contributed by atoms with Crippen LogP contribution in [0.4, 0.5) is 0 Å². The summed E-state index contributed by atoms with van der Waals surface area (Å²) in [7, 11) is 0. The van der Waals surface area contributed by atoms with Crippen LogP contribution in [-0.2, 0) is 0 Å². The molecule has 2 aliphatic rings. The smallest absolute Gasteiger partial charge is 0.267 e. The number of piperidine rings is 1. The normalized spacial score (nSPS) is 22.6. The number of likely N-dealkylation sites (tertiary alicyclic amines) is 1. The quantitative estimate of drug-likeness (QED) is 0.858. The second-order valence-corrected chi connectivity index (χ2v) is 6.40. The molecular weight excluding hydrogens is 270 g/mol. The lowest BCUT2D eigenvalue weighted by Gasteiger charge is -2.38. The fraction of sp³-hybridized carbons (Fsp3) is 0.667. The summed E-state index contributed by atoms with van der Waals surface area (Å²) in [4.78, 5) is 18.7. The molecule has 1 aromatic rings. The van der Waals surface area contributed by atoms with Crippen LogP contribution in [0.3, 0.4) is 0 Å². The topological polar surface area (TPSA) is 45.2 Å². The highest BCUT2D eigenvalue weighted by Gasteiger charge is 2.38. The average molecular weight is 286 g/mol. The van der Waals surface area contributed by atoms with Gasteiger partial charge in [0.25, 0.3) is 5.91 Å². The Hall–Kier alpha value is -0.650. The molecule has 0 saturated carbocycles. The van der Waals surface area contributed by atoms with Crippen molar-refractivity contribution >= 4 is 28.8 Å². The van der Waals surface area contributed by atoms with Crippen molar-refractivity contribution in [1.29, 1.82) is 0 Å². The van der Waals surface area contributed by atoms with Gasteiger partial charge in [0, 0.05) is 19.6 Å². The molecule has 0 aliphatic carbocycles. The molecule has 3 heterocycles. The highest BCUT2D eigenvalue weighted by Crippen LogP contribution is 2.37. The van der Waals surface area contributed by atoms with Crippen LogP contribution in [0.25, 0.3) is 0 Å². The van der Waals surface area contributed by atoms with Gasteiger partial charge in [-0.3, -0.25) is 4.79 Å². The first-order chi connectivity index (χ1) is 8.70. The first-order valence-electron chi connectivity index (χ1n) is 6.29. The molecule has 3 rings (SSSR count). The number of hydrogen-bond acceptors (Lipinski definition) is 4. The summed E-state index contributed by atoms with van der Waals surface area (Å²) < 4.78 is 0. The third-order valence-corrected chi connectivity index (χ3v) is 5.37. The van der Waals surface area contributed by atoms with Crippen LogP contribution in [0.5, 0.6) is 0 Å². The van der Waals surface area contributed by atoms with Gasteiger partial charge in [0.1, 0.15) is 4.88 Å². The van der Waals surface area contributed by atoms with Gasteiger partial charge in [0.15, 0.2) is 5.15 Å². The predicted octanol–water partition coefficient (Wildman–Crippen LogP) is 2.01. The van der Waals surface area contributed by atoms with Crippen molar-refractivity contribution in [2.45, 2.75) is 19.3 Å². The Kier molecular flexibility index (Phi) is 3.30. The molecule has 6 heteroatoms. The Morgan fingerprint density at radius 2 is 2.22 bits per heavy atom. The summed E-state index contributed by atoms with van der Waals surface area (Å²) in [6.45, 7) is 3.91. The van der Waals surface area contributed by atoms with E-state index in [9.17, 15) is 4.79 Å². The maximum absolute atomic E-state index is 12.3. The minimum absolute atomic E-state index is 0.0447. The third-order valence-electron chi connectivity index (χ3n) is 4.16. The van der Waals surface area contributed by atoms with Gasteiger partial charge >= 0.3 is 0 Å². The summed E-state index contributed by atoms with van der Waals surface area (Å²) in [6, 6.07) is 0. The molecule has 1 spiro atoms. The maximum Gasteiger partial charge on any atom is 0.267 e. The fourth-order valence-electron chi connectivity index (χ4n) is 2.92. The molecule has 18 heavy (non-hydrogen) atoms. The molecule has 2 aliphatic heterocycles. The number of aromatic nitrogens is 1. The van der Waals surface area contributed by atoms with Crippen LogP contribution in [0.1, 0.15) is 28.9 Å². The summed E-state index contributed by atoms with van der Waals surface area (Å²) in [5.41, 5.74) is 2.07. The zero-order valence-corrected chi connectivity index (χ0v) is 11.7. The number of carbonyl (C=O) groups excluding carboxylic acids is 1. The molecule has 2 saturated heterocycles. The number of carbonyl (C=O) groups is 1. The molecule has 1 aromatic heterocycles. The second kappa shape index (κ2) is 4.79. The summed E-state index contributed by atoms with van der Waals surface area (Å²) >= 11 is 7.24. The summed E-state index contributed by atoms with van der Waals surface area (Å²) in [5, 5.41) is 3.77. The SMILES string of the molecule is O=C(c1scnc1Cl)N1CCC2(CCNC2)CC1. The zero-order chi connectivity index (χ0) is 12.6. The van der Waals surface area contributed by atoms with E-state index >= 15 is 0 Å². The van der Waals surface area contributed by atoms with E-state index in [1.807, 2.05) is 4.90 Å². The first-order valence-corrected chi connectivity index (χ1v) is 7.55. The van der Waals surface area contributed by atoms with E-state index in [2.05, 4.69) is 10.3 Å². The minimum Gasteiger partial charge on any atom is -0.338 e. The standard InChI is InChI=1S/C12H16ClN3OS/c13-10-9(18-8-15-10)11(17)16-5-2-12(3-6-16)1-4-14-7-12/h8,14H,1-7H2. The Morgan fingerprint density at radius 3 is 2.78 bits per heavy atom. The van der Waals surface area contributed by atoms with E-state index < -0.39 is 0 Å². The zero-order valence-electron chi connectivity index (χ0n) is 10.1. The fourth-order valence-corrected chi connectivity index (χ4v) is 3.89. The Labute approximate surface area is 115 Å². The Balaban J connectivity index is 1.66. The third kappa shape index (κ3) is 2.15. The van der Waals surface area contributed by atoms with Gasteiger partial charge in [-0.25, -0.2) is 4.98 Å². The number of nitrogens with one attached hydrogen (secondary N) is 1. The van der Waals surface area contributed by atoms with Crippen molar-refractivity contribution in [1.82, 2.24) is 15.2 Å². The van der Waals surface area contributed by atoms with Crippen LogP contribution in [0.15, 0.2) is 5.51 Å². The predicted molar refractivity (Wildman–Crippen MR) is 72.2 cm³/mol. The number of rotatable bonds is 1. The number of halogens is 1. The molecule has 0 bridgehead atoms. The molecule has 0 aromatic carbocycles. The van der Waals surface area contributed by atoms with E-state index in [1.165, 1.54) is 17.8 Å². The van der Waals surface area contributed by atoms with Crippen LogP contribution >= 0.6 is 22.9 Å². The van der Waals surface area contributed by atoms with E-state index in [1.54, 1.807) is 5.51 Å². The van der Waals surface area contributed by atoms with Gasteiger partial charge in [-0.1, -0.05) is 11.6 Å². The van der Waals surface area contributed by atoms with Crippen molar-refractivity contribution in [3.63, 3.8) is 0 Å². The van der Waals surface area contributed by atoms with Gasteiger partial charge in [0.2, 0.25) is 0 Å². The molecule has 98 valence electrons. The number of thiazole rings is 1. The summed E-state index contributed by atoms with van der Waals surface area (Å²) in [5.74, 6) is 0.0447. The number of amides is 1. The molecule has 2 fully saturated rings. The average Bonchev–Trinajstić information content (AvgIpc) is 2.99. The number of nitrogens with zero attached hydrogens (tertiary/aromatic N) is 2. The van der Waals surface area contributed by atoms with E-state index in [0.717, 1.165) is 39.0 Å². The van der Waals surface area contributed by atoms with Crippen LogP contribution in [0, 0.1) is 5.41 Å². The Bertz CT molecular complexity index is 446. The lowest BCUT2D eigenvalue weighted by Crippen LogP contribution is -2.43. The lowest BCUT2D eigenvalue weighted by molar-refractivity contribution is 0.0612. The van der Waals surface area contributed by atoms with Crippen LogP contribution < -0.4 is 5.32 Å². The van der Waals surface area contributed by atoms with Crippen molar-refractivity contribution in [3.8, 4) is 0 Å². The molecule has 0 radical (unpaired) electrons. The summed E-state index contributed by atoms with van der Waals surface area (Å²) in [6.07, 6.45) is 3.45. The first kappa shape index (κ1) is 12.4.